The number of carbonyl (C=O) groups excluding carboxylic acids is 4. The van der Waals surface area contributed by atoms with Gasteiger partial charge in [-0.05, 0) is 54.3 Å². The van der Waals surface area contributed by atoms with Gasteiger partial charge >= 0.3 is 0 Å². The third kappa shape index (κ3) is 6.03. The highest BCUT2D eigenvalue weighted by Crippen LogP contribution is 2.25. The van der Waals surface area contributed by atoms with Crippen LogP contribution in [-0.4, -0.2) is 85.5 Å². The molecule has 10 heteroatoms. The molecule has 1 unspecified atom stereocenters. The Balaban J connectivity index is 1.11. The molecule has 2 aromatic carbocycles. The van der Waals surface area contributed by atoms with Gasteiger partial charge in [-0.1, -0.05) is 12.1 Å². The van der Waals surface area contributed by atoms with E-state index in [-0.39, 0.29) is 24.1 Å². The zero-order valence-corrected chi connectivity index (χ0v) is 21.2. The van der Waals surface area contributed by atoms with Gasteiger partial charge in [0, 0.05) is 50.3 Å². The fourth-order valence-corrected chi connectivity index (χ4v) is 5.05. The Morgan fingerprint density at radius 1 is 1.03 bits per heavy atom. The van der Waals surface area contributed by atoms with Gasteiger partial charge < -0.3 is 19.7 Å². The van der Waals surface area contributed by atoms with Crippen molar-refractivity contribution in [1.29, 1.82) is 0 Å². The first-order valence-corrected chi connectivity index (χ1v) is 13.1. The SMILES string of the molecule is O=C1CCC(N2CCc3cc(CNC(=O)c4ccc(OCCN5CCOCC5)cc4)ccc3C2=O)C(=O)N1. The molecule has 200 valence electrons. The molecule has 4 amide bonds. The normalized spacial score (nSPS) is 20.1. The van der Waals surface area contributed by atoms with Crippen molar-refractivity contribution in [2.45, 2.75) is 31.8 Å². The minimum atomic E-state index is -0.617. The van der Waals surface area contributed by atoms with Gasteiger partial charge in [-0.3, -0.25) is 29.4 Å². The first kappa shape index (κ1) is 25.9. The third-order valence-electron chi connectivity index (χ3n) is 7.22. The maximum absolute atomic E-state index is 13.1. The van der Waals surface area contributed by atoms with Crippen LogP contribution >= 0.6 is 0 Å². The lowest BCUT2D eigenvalue weighted by atomic mass is 9.93. The van der Waals surface area contributed by atoms with Crippen molar-refractivity contribution in [2.24, 2.45) is 0 Å². The first-order valence-electron chi connectivity index (χ1n) is 13.1. The molecule has 2 fully saturated rings. The lowest BCUT2D eigenvalue weighted by Gasteiger charge is -2.36. The number of fused-ring (bicyclic) bond motifs is 1. The Hall–Kier alpha value is -3.76. The van der Waals surface area contributed by atoms with Gasteiger partial charge in [-0.15, -0.1) is 0 Å². The molecule has 2 saturated heterocycles. The van der Waals surface area contributed by atoms with E-state index in [0.29, 0.717) is 43.7 Å². The lowest BCUT2D eigenvalue weighted by Crippen LogP contribution is -2.55. The van der Waals surface area contributed by atoms with Crippen molar-refractivity contribution in [1.82, 2.24) is 20.4 Å². The summed E-state index contributed by atoms with van der Waals surface area (Å²) in [5, 5.41) is 5.25. The van der Waals surface area contributed by atoms with Gasteiger partial charge in [0.2, 0.25) is 11.8 Å². The van der Waals surface area contributed by atoms with Gasteiger partial charge in [0.15, 0.2) is 0 Å². The molecule has 0 aliphatic carbocycles. The number of nitrogens with one attached hydrogen (secondary N) is 2. The Kier molecular flexibility index (Phi) is 8.00. The molecule has 1 atom stereocenters. The van der Waals surface area contributed by atoms with Crippen molar-refractivity contribution >= 4 is 23.6 Å². The summed E-state index contributed by atoms with van der Waals surface area (Å²) in [6.45, 7) is 5.52. The number of imide groups is 1. The van der Waals surface area contributed by atoms with Crippen molar-refractivity contribution < 1.29 is 28.7 Å². The predicted molar refractivity (Wildman–Crippen MR) is 138 cm³/mol. The minimum Gasteiger partial charge on any atom is -0.492 e. The van der Waals surface area contributed by atoms with E-state index in [9.17, 15) is 19.2 Å². The Labute approximate surface area is 221 Å². The number of hydrogen-bond acceptors (Lipinski definition) is 7. The molecule has 3 aliphatic heterocycles. The number of rotatable bonds is 8. The standard InChI is InChI=1S/C28H32N4O6/c33-25-8-7-24(27(35)30-25)32-10-9-21-17-19(1-6-23(21)28(32)36)18-29-26(34)20-2-4-22(5-3-20)38-16-13-31-11-14-37-15-12-31/h1-6,17,24H,7-16,18H2,(H,29,34)(H,30,33,35). The van der Waals surface area contributed by atoms with Crippen LogP contribution in [0.1, 0.15) is 44.7 Å². The molecular weight excluding hydrogens is 488 g/mol. The summed E-state index contributed by atoms with van der Waals surface area (Å²) in [5.41, 5.74) is 2.88. The molecule has 0 spiro atoms. The highest BCUT2D eigenvalue weighted by molar-refractivity contribution is 6.04. The van der Waals surface area contributed by atoms with Crippen molar-refractivity contribution in [3.63, 3.8) is 0 Å². The van der Waals surface area contributed by atoms with E-state index in [4.69, 9.17) is 9.47 Å². The maximum atomic E-state index is 13.1. The molecule has 38 heavy (non-hydrogen) atoms. The quantitative estimate of drug-likeness (QED) is 0.501. The number of amides is 4. The monoisotopic (exact) mass is 520 g/mol. The molecule has 2 aromatic rings. The van der Waals surface area contributed by atoms with Crippen molar-refractivity contribution in [3.05, 3.63) is 64.7 Å². The predicted octanol–water partition coefficient (Wildman–Crippen LogP) is 1.13. The number of nitrogens with zero attached hydrogens (tertiary/aromatic N) is 2. The molecular formula is C28H32N4O6. The Morgan fingerprint density at radius 3 is 2.58 bits per heavy atom. The largest absolute Gasteiger partial charge is 0.492 e. The molecule has 3 heterocycles. The van der Waals surface area contributed by atoms with Crippen molar-refractivity contribution in [3.8, 4) is 5.75 Å². The number of morpholine rings is 1. The van der Waals surface area contributed by atoms with E-state index in [0.717, 1.165) is 49.7 Å². The topological polar surface area (TPSA) is 117 Å². The number of carbonyl (C=O) groups is 4. The fourth-order valence-electron chi connectivity index (χ4n) is 5.05. The van der Waals surface area contributed by atoms with Crippen LogP contribution in [0.5, 0.6) is 5.75 Å². The van der Waals surface area contributed by atoms with Gasteiger partial charge in [0.05, 0.1) is 13.2 Å². The van der Waals surface area contributed by atoms with E-state index in [2.05, 4.69) is 15.5 Å². The van der Waals surface area contributed by atoms with E-state index >= 15 is 0 Å². The summed E-state index contributed by atoms with van der Waals surface area (Å²) in [5.74, 6) is -0.386. The molecule has 10 nitrogen and oxygen atoms in total. The summed E-state index contributed by atoms with van der Waals surface area (Å²) in [6.07, 6.45) is 1.18. The highest BCUT2D eigenvalue weighted by Gasteiger charge is 2.37. The number of piperidine rings is 1. The van der Waals surface area contributed by atoms with Crippen LogP contribution in [0.25, 0.3) is 0 Å². The van der Waals surface area contributed by atoms with Crippen LogP contribution in [0.2, 0.25) is 0 Å². The van der Waals surface area contributed by atoms with Crippen LogP contribution < -0.4 is 15.4 Å². The van der Waals surface area contributed by atoms with Gasteiger partial charge in [-0.2, -0.15) is 0 Å². The molecule has 3 aliphatic rings. The van der Waals surface area contributed by atoms with Gasteiger partial charge in [-0.25, -0.2) is 0 Å². The average Bonchev–Trinajstić information content (AvgIpc) is 2.93. The molecule has 0 saturated carbocycles. The maximum Gasteiger partial charge on any atom is 0.254 e. The average molecular weight is 521 g/mol. The van der Waals surface area contributed by atoms with Crippen molar-refractivity contribution in [2.75, 3.05) is 46.0 Å². The minimum absolute atomic E-state index is 0.192. The van der Waals surface area contributed by atoms with Crippen LogP contribution in [0, 0.1) is 0 Å². The van der Waals surface area contributed by atoms with Crippen LogP contribution in [0.4, 0.5) is 0 Å². The third-order valence-corrected chi connectivity index (χ3v) is 7.22. The smallest absolute Gasteiger partial charge is 0.254 e. The summed E-state index contributed by atoms with van der Waals surface area (Å²) in [6, 6.07) is 12.0. The van der Waals surface area contributed by atoms with Crippen LogP contribution in [-0.2, 0) is 27.3 Å². The number of hydrogen-bond donors (Lipinski definition) is 2. The zero-order valence-electron chi connectivity index (χ0n) is 21.2. The highest BCUT2D eigenvalue weighted by atomic mass is 16.5. The zero-order chi connectivity index (χ0) is 26.5. The summed E-state index contributed by atoms with van der Waals surface area (Å²) >= 11 is 0. The molecule has 0 bridgehead atoms. The summed E-state index contributed by atoms with van der Waals surface area (Å²) in [4.78, 5) is 53.3. The van der Waals surface area contributed by atoms with Gasteiger partial charge in [0.25, 0.3) is 11.8 Å². The fraction of sp³-hybridized carbons (Fsp3) is 0.429. The summed E-state index contributed by atoms with van der Waals surface area (Å²) < 4.78 is 11.2. The molecule has 0 aromatic heterocycles. The Morgan fingerprint density at radius 2 is 1.82 bits per heavy atom. The second kappa shape index (κ2) is 11.7. The summed E-state index contributed by atoms with van der Waals surface area (Å²) in [7, 11) is 0. The second-order valence-electron chi connectivity index (χ2n) is 9.72. The molecule has 2 N–H and O–H groups in total. The first-order chi connectivity index (χ1) is 18.5. The van der Waals surface area contributed by atoms with Crippen LogP contribution in [0.3, 0.4) is 0 Å². The lowest BCUT2D eigenvalue weighted by molar-refractivity contribution is -0.136. The van der Waals surface area contributed by atoms with Gasteiger partial charge in [0.1, 0.15) is 18.4 Å². The van der Waals surface area contributed by atoms with E-state index < -0.39 is 11.9 Å². The number of ether oxygens (including phenoxy) is 2. The molecule has 5 rings (SSSR count). The van der Waals surface area contributed by atoms with Crippen LogP contribution in [0.15, 0.2) is 42.5 Å². The van der Waals surface area contributed by atoms with E-state index in [1.54, 1.807) is 35.2 Å². The van der Waals surface area contributed by atoms with E-state index in [1.807, 2.05) is 12.1 Å². The number of benzene rings is 2. The second-order valence-corrected chi connectivity index (χ2v) is 9.72. The van der Waals surface area contributed by atoms with E-state index in [1.165, 1.54) is 0 Å². The Bertz CT molecular complexity index is 1210. The molecule has 0 radical (unpaired) electrons.